The van der Waals surface area contributed by atoms with Crippen LogP contribution in [0.25, 0.3) is 0 Å². The molecule has 3 aromatic carbocycles. The number of hydrogen-bond acceptors (Lipinski definition) is 11. The van der Waals surface area contributed by atoms with Crippen molar-refractivity contribution in [1.82, 2.24) is 9.76 Å². The minimum atomic E-state index is -5.12. The molecule has 0 fully saturated rings. The van der Waals surface area contributed by atoms with Gasteiger partial charge in [-0.25, -0.2) is 14.6 Å². The Morgan fingerprint density at radius 1 is 0.908 bits per heavy atom. The Hall–Kier alpha value is -4.39. The van der Waals surface area contributed by atoms with Gasteiger partial charge in [0.15, 0.2) is 5.60 Å². The van der Waals surface area contributed by atoms with Gasteiger partial charge in [0.05, 0.1) is 47.9 Å². The molecule has 3 unspecified atom stereocenters. The molecule has 0 aliphatic carbocycles. The zero-order valence-electron chi connectivity index (χ0n) is 37.6. The minimum Gasteiger partial charge on any atom is -0.456 e. The maximum atomic E-state index is 14.7. The fourth-order valence-electron chi connectivity index (χ4n) is 9.26. The van der Waals surface area contributed by atoms with Crippen molar-refractivity contribution in [2.45, 2.75) is 116 Å². The van der Waals surface area contributed by atoms with Crippen LogP contribution < -0.4 is 24.9 Å². The van der Waals surface area contributed by atoms with Crippen molar-refractivity contribution in [1.29, 1.82) is 5.26 Å². The average Bonchev–Trinajstić information content (AvgIpc) is 3.56. The predicted octanol–water partition coefficient (Wildman–Crippen LogP) is 9.30. The number of rotatable bonds is 17. The molecule has 0 saturated carbocycles. The van der Waals surface area contributed by atoms with E-state index in [0.29, 0.717) is 84.8 Å². The number of nitrogens with zero attached hydrogens (tertiary/aromatic N) is 4. The molecule has 0 radical (unpaired) electrons. The molecule has 2 amide bonds. The molecule has 3 atom stereocenters. The van der Waals surface area contributed by atoms with E-state index in [1.807, 2.05) is 6.07 Å². The molecule has 7 rings (SSSR count). The Bertz CT molecular complexity index is 2400. The van der Waals surface area contributed by atoms with Gasteiger partial charge in [-0.05, 0) is 108 Å². The van der Waals surface area contributed by atoms with Gasteiger partial charge in [0.2, 0.25) is 5.91 Å². The summed E-state index contributed by atoms with van der Waals surface area (Å²) in [6, 6.07) is 13.8. The lowest BCUT2D eigenvalue weighted by Crippen LogP contribution is -2.44. The number of hydrogen-bond donors (Lipinski definition) is 1. The van der Waals surface area contributed by atoms with Crippen LogP contribution in [0.15, 0.2) is 42.5 Å². The van der Waals surface area contributed by atoms with Gasteiger partial charge in [0.1, 0.15) is 11.5 Å². The van der Waals surface area contributed by atoms with Gasteiger partial charge in [-0.2, -0.15) is 18.4 Å². The summed E-state index contributed by atoms with van der Waals surface area (Å²) >= 11 is 0. The number of anilines is 2. The van der Waals surface area contributed by atoms with E-state index < -0.39 is 39.7 Å². The highest BCUT2D eigenvalue weighted by Gasteiger charge is 2.55. The highest BCUT2D eigenvalue weighted by atomic mass is 31.2. The van der Waals surface area contributed by atoms with Crippen molar-refractivity contribution in [3.05, 3.63) is 75.8 Å². The number of alkyl halides is 3. The van der Waals surface area contributed by atoms with Crippen LogP contribution in [0.5, 0.6) is 11.5 Å². The zero-order chi connectivity index (χ0) is 46.8. The normalized spacial score (nSPS) is 18.9. The number of benzene rings is 3. The smallest absolute Gasteiger partial charge is 0.456 e. The highest BCUT2D eigenvalue weighted by Crippen LogP contribution is 2.59. The summed E-state index contributed by atoms with van der Waals surface area (Å²) in [5.41, 5.74) is 1.47. The van der Waals surface area contributed by atoms with Crippen molar-refractivity contribution in [3.63, 3.8) is 0 Å². The molecule has 4 aliphatic rings. The van der Waals surface area contributed by atoms with Gasteiger partial charge in [0.25, 0.3) is 16.0 Å². The Labute approximate surface area is 379 Å². The number of carbonyl (C=O) groups is 3. The molecule has 1 spiro atoms. The highest BCUT2D eigenvalue weighted by molar-refractivity contribution is 7.65. The van der Waals surface area contributed by atoms with E-state index in [1.54, 1.807) is 35.2 Å². The first kappa shape index (κ1) is 48.5. The molecular weight excluding hydrogens is 885 g/mol. The Kier molecular flexibility index (Phi) is 14.8. The molecular formula is C46H56F3N5O9P2. The molecule has 65 heavy (non-hydrogen) atoms. The molecule has 4 aliphatic heterocycles. The fourth-order valence-corrected chi connectivity index (χ4v) is 12.4. The maximum Gasteiger partial charge on any atom is 0.471 e. The van der Waals surface area contributed by atoms with Crippen molar-refractivity contribution < 1.29 is 55.2 Å². The van der Waals surface area contributed by atoms with Gasteiger partial charge in [0, 0.05) is 74.6 Å². The second-order valence-corrected chi connectivity index (χ2v) is 20.9. The number of amides is 2. The second kappa shape index (κ2) is 19.8. The van der Waals surface area contributed by atoms with Crippen LogP contribution in [0.2, 0.25) is 0 Å². The standard InChI is InChI=1S/C46H56F3N5O9P2/c1-29(2)54(30(3)4)64(61-23-13-18-50)60-22-10-8-7-9-19-51-65(58,59-6)34-16-17-35-36(26-34)45(63-43(35)56)37-24-32-14-11-20-52(31(5)55)39(32)27-41(37)62-42-28-40-33(25-38(42)45)15-12-21-53(40)44(57)46(47,48)49/h16-17,24-30H,7-15,19-23H2,1-6H3,(H,51,58). The largest absolute Gasteiger partial charge is 0.471 e. The number of fused-ring (bicyclic) bond motifs is 8. The van der Waals surface area contributed by atoms with Crippen molar-refractivity contribution in [3.8, 4) is 17.6 Å². The third kappa shape index (κ3) is 9.59. The lowest BCUT2D eigenvalue weighted by Gasteiger charge is -2.40. The van der Waals surface area contributed by atoms with E-state index in [0.717, 1.165) is 24.8 Å². The zero-order valence-corrected chi connectivity index (χ0v) is 39.4. The van der Waals surface area contributed by atoms with Gasteiger partial charge in [-0.15, -0.1) is 0 Å². The Morgan fingerprint density at radius 3 is 2.09 bits per heavy atom. The maximum absolute atomic E-state index is 14.7. The summed E-state index contributed by atoms with van der Waals surface area (Å²) in [6.45, 7) is 11.2. The third-order valence-corrected chi connectivity index (χ3v) is 16.4. The van der Waals surface area contributed by atoms with Crippen LogP contribution in [0.3, 0.4) is 0 Å². The first-order chi connectivity index (χ1) is 30.9. The van der Waals surface area contributed by atoms with Crippen LogP contribution in [0.1, 0.15) is 118 Å². The predicted molar refractivity (Wildman–Crippen MR) is 240 cm³/mol. The monoisotopic (exact) mass is 941 g/mol. The molecule has 350 valence electrons. The number of nitriles is 1. The number of carbonyl (C=O) groups excluding carboxylic acids is 3. The van der Waals surface area contributed by atoms with Crippen molar-refractivity contribution >= 4 is 50.5 Å². The quantitative estimate of drug-likeness (QED) is 0.0778. The van der Waals surface area contributed by atoms with E-state index in [9.17, 15) is 32.1 Å². The molecule has 1 N–H and O–H groups in total. The summed E-state index contributed by atoms with van der Waals surface area (Å²) in [5.74, 6) is -2.59. The van der Waals surface area contributed by atoms with Crippen LogP contribution >= 0.6 is 16.0 Å². The van der Waals surface area contributed by atoms with Gasteiger partial charge in [-0.1, -0.05) is 12.8 Å². The lowest BCUT2D eigenvalue weighted by molar-refractivity contribution is -0.170. The molecule has 0 aromatic heterocycles. The summed E-state index contributed by atoms with van der Waals surface area (Å²) in [6.07, 6.45) is 0.141. The Balaban J connectivity index is 1.16. The third-order valence-electron chi connectivity index (χ3n) is 12.1. The van der Waals surface area contributed by atoms with Gasteiger partial charge >= 0.3 is 18.1 Å². The lowest BCUT2D eigenvalue weighted by atomic mass is 9.75. The first-order valence-electron chi connectivity index (χ1n) is 22.1. The van der Waals surface area contributed by atoms with E-state index >= 15 is 0 Å². The number of ether oxygens (including phenoxy) is 2. The fraction of sp³-hybridized carbons (Fsp3) is 0.522. The molecule has 3 aromatic rings. The van der Waals surface area contributed by atoms with E-state index in [1.165, 1.54) is 20.1 Å². The number of esters is 1. The molecule has 0 bridgehead atoms. The molecule has 4 heterocycles. The number of unbranched alkanes of at least 4 members (excludes halogenated alkanes) is 3. The Morgan fingerprint density at radius 2 is 1.51 bits per heavy atom. The van der Waals surface area contributed by atoms with Gasteiger partial charge in [-0.3, -0.25) is 14.2 Å². The minimum absolute atomic E-state index is 0.0353. The summed E-state index contributed by atoms with van der Waals surface area (Å²) in [7, 11) is -3.75. The summed E-state index contributed by atoms with van der Waals surface area (Å²) < 4.78 is 89.3. The van der Waals surface area contributed by atoms with E-state index in [4.69, 9.17) is 28.3 Å². The first-order valence-corrected chi connectivity index (χ1v) is 24.9. The average molecular weight is 942 g/mol. The second-order valence-electron chi connectivity index (χ2n) is 17.1. The van der Waals surface area contributed by atoms with E-state index in [-0.39, 0.29) is 65.4 Å². The molecule has 19 heteroatoms. The number of halogens is 3. The van der Waals surface area contributed by atoms with Crippen molar-refractivity contribution in [2.24, 2.45) is 0 Å². The van der Waals surface area contributed by atoms with Gasteiger partial charge < -0.3 is 32.8 Å². The molecule has 0 saturated heterocycles. The van der Waals surface area contributed by atoms with Crippen LogP contribution in [0, 0.1) is 11.3 Å². The topological polar surface area (TPSA) is 160 Å². The molecule has 14 nitrogen and oxygen atoms in total. The van der Waals surface area contributed by atoms with E-state index in [2.05, 4.69) is 43.5 Å². The van der Waals surface area contributed by atoms with Crippen LogP contribution in [0.4, 0.5) is 24.5 Å². The number of nitrogens with one attached hydrogen (secondary N) is 1. The van der Waals surface area contributed by atoms with Crippen molar-refractivity contribution in [2.75, 3.05) is 49.8 Å². The summed E-state index contributed by atoms with van der Waals surface area (Å²) in [5, 5.41) is 12.4. The van der Waals surface area contributed by atoms with Crippen LogP contribution in [-0.2, 0) is 50.9 Å². The number of aryl methyl sites for hydroxylation is 2. The summed E-state index contributed by atoms with van der Waals surface area (Å²) in [4.78, 5) is 41.8. The van der Waals surface area contributed by atoms with Crippen LogP contribution in [-0.4, -0.2) is 80.7 Å². The SMILES string of the molecule is COP(=O)(NCCCCCCOP(OCCC#N)N(C(C)C)C(C)C)c1ccc2c(c1)C1(OC2=O)c2cc3c(cc2Oc2cc4c(cc21)CCCN4C(=O)C(F)(F)F)N(C(C)=O)CCC3.